The topological polar surface area (TPSA) is 36.4 Å². The zero-order chi connectivity index (χ0) is 10.0. The molecule has 14 heavy (non-hydrogen) atoms. The van der Waals surface area contributed by atoms with Crippen LogP contribution < -0.4 is 4.90 Å². The molecule has 0 atom stereocenters. The number of rotatable bonds is 4. The van der Waals surface area contributed by atoms with Gasteiger partial charge in [-0.2, -0.15) is 0 Å². The SMILES string of the molecule is CN(CC1(CO)CC1)c1cccnc1. The van der Waals surface area contributed by atoms with Gasteiger partial charge in [-0.25, -0.2) is 0 Å². The fourth-order valence-corrected chi connectivity index (χ4v) is 1.72. The molecular weight excluding hydrogens is 176 g/mol. The number of aliphatic hydroxyl groups is 1. The van der Waals surface area contributed by atoms with E-state index in [0.717, 1.165) is 25.1 Å². The molecule has 2 rings (SSSR count). The van der Waals surface area contributed by atoms with Crippen LogP contribution in [0, 0.1) is 5.41 Å². The van der Waals surface area contributed by atoms with E-state index in [1.807, 2.05) is 25.4 Å². The van der Waals surface area contributed by atoms with Crippen LogP contribution in [-0.2, 0) is 0 Å². The molecule has 1 aliphatic carbocycles. The van der Waals surface area contributed by atoms with Gasteiger partial charge in [0.1, 0.15) is 0 Å². The highest BCUT2D eigenvalue weighted by atomic mass is 16.3. The zero-order valence-electron chi connectivity index (χ0n) is 8.48. The Kier molecular flexibility index (Phi) is 2.42. The second-order valence-electron chi connectivity index (χ2n) is 4.23. The standard InChI is InChI=1S/C11H16N2O/c1-13(8-11(9-14)4-5-11)10-3-2-6-12-7-10/h2-3,6-7,14H,4-5,8-9H2,1H3. The molecule has 1 N–H and O–H groups in total. The summed E-state index contributed by atoms with van der Waals surface area (Å²) in [5, 5.41) is 9.21. The second kappa shape index (κ2) is 3.58. The molecule has 1 fully saturated rings. The van der Waals surface area contributed by atoms with E-state index < -0.39 is 0 Å². The Morgan fingerprint density at radius 3 is 2.86 bits per heavy atom. The minimum atomic E-state index is 0.171. The Bertz CT molecular complexity index is 295. The summed E-state index contributed by atoms with van der Waals surface area (Å²) >= 11 is 0. The number of aliphatic hydroxyl groups excluding tert-OH is 1. The van der Waals surface area contributed by atoms with Crippen LogP contribution in [0.4, 0.5) is 5.69 Å². The lowest BCUT2D eigenvalue weighted by Gasteiger charge is -2.23. The summed E-state index contributed by atoms with van der Waals surface area (Å²) in [5.74, 6) is 0. The molecule has 76 valence electrons. The third kappa shape index (κ3) is 1.87. The third-order valence-electron chi connectivity index (χ3n) is 2.95. The Morgan fingerprint density at radius 1 is 1.57 bits per heavy atom. The van der Waals surface area contributed by atoms with Crippen molar-refractivity contribution < 1.29 is 5.11 Å². The van der Waals surface area contributed by atoms with E-state index in [2.05, 4.69) is 9.88 Å². The van der Waals surface area contributed by atoms with Gasteiger partial charge in [-0.15, -0.1) is 0 Å². The van der Waals surface area contributed by atoms with Gasteiger partial charge in [-0.05, 0) is 25.0 Å². The van der Waals surface area contributed by atoms with E-state index in [-0.39, 0.29) is 5.41 Å². The lowest BCUT2D eigenvalue weighted by atomic mass is 10.1. The molecule has 3 heteroatoms. The van der Waals surface area contributed by atoms with Crippen molar-refractivity contribution in [1.82, 2.24) is 4.98 Å². The molecule has 0 radical (unpaired) electrons. The molecule has 0 bridgehead atoms. The molecule has 1 saturated carbocycles. The Balaban J connectivity index is 1.99. The van der Waals surface area contributed by atoms with Gasteiger partial charge in [0.2, 0.25) is 0 Å². The van der Waals surface area contributed by atoms with Crippen molar-refractivity contribution in [3.63, 3.8) is 0 Å². The van der Waals surface area contributed by atoms with E-state index in [1.165, 1.54) is 0 Å². The molecule has 1 aromatic rings. The molecule has 0 unspecified atom stereocenters. The molecule has 0 spiro atoms. The first-order valence-corrected chi connectivity index (χ1v) is 4.98. The number of anilines is 1. The van der Waals surface area contributed by atoms with Crippen molar-refractivity contribution in [3.8, 4) is 0 Å². The van der Waals surface area contributed by atoms with Crippen LogP contribution in [0.1, 0.15) is 12.8 Å². The summed E-state index contributed by atoms with van der Waals surface area (Å²) in [7, 11) is 2.05. The molecule has 1 aromatic heterocycles. The van der Waals surface area contributed by atoms with E-state index >= 15 is 0 Å². The predicted molar refractivity (Wildman–Crippen MR) is 56.3 cm³/mol. The molecule has 0 saturated heterocycles. The van der Waals surface area contributed by atoms with Crippen molar-refractivity contribution in [1.29, 1.82) is 0 Å². The minimum absolute atomic E-state index is 0.171. The number of nitrogens with zero attached hydrogens (tertiary/aromatic N) is 2. The highest BCUT2D eigenvalue weighted by molar-refractivity contribution is 5.43. The molecule has 3 nitrogen and oxygen atoms in total. The normalized spacial score (nSPS) is 17.9. The van der Waals surface area contributed by atoms with Crippen LogP contribution >= 0.6 is 0 Å². The first-order chi connectivity index (χ1) is 6.76. The first-order valence-electron chi connectivity index (χ1n) is 4.98. The number of aromatic nitrogens is 1. The maximum atomic E-state index is 9.21. The van der Waals surface area contributed by atoms with Crippen molar-refractivity contribution in [3.05, 3.63) is 24.5 Å². The van der Waals surface area contributed by atoms with E-state index in [1.54, 1.807) is 6.20 Å². The van der Waals surface area contributed by atoms with Crippen LogP contribution in [0.3, 0.4) is 0 Å². The number of hydrogen-bond donors (Lipinski definition) is 1. The highest BCUT2D eigenvalue weighted by Crippen LogP contribution is 2.45. The minimum Gasteiger partial charge on any atom is -0.396 e. The monoisotopic (exact) mass is 192 g/mol. The lowest BCUT2D eigenvalue weighted by molar-refractivity contribution is 0.215. The van der Waals surface area contributed by atoms with E-state index in [9.17, 15) is 5.11 Å². The molecule has 1 aliphatic rings. The molecule has 0 aliphatic heterocycles. The van der Waals surface area contributed by atoms with Crippen LogP contribution in [0.2, 0.25) is 0 Å². The number of hydrogen-bond acceptors (Lipinski definition) is 3. The van der Waals surface area contributed by atoms with Crippen molar-refractivity contribution in [2.24, 2.45) is 5.41 Å². The van der Waals surface area contributed by atoms with E-state index in [4.69, 9.17) is 0 Å². The van der Waals surface area contributed by atoms with Gasteiger partial charge in [-0.1, -0.05) is 0 Å². The summed E-state index contributed by atoms with van der Waals surface area (Å²) in [6, 6.07) is 3.98. The van der Waals surface area contributed by atoms with Crippen LogP contribution in [0.25, 0.3) is 0 Å². The van der Waals surface area contributed by atoms with Crippen LogP contribution in [-0.4, -0.2) is 30.3 Å². The fourth-order valence-electron chi connectivity index (χ4n) is 1.72. The molecule has 0 aromatic carbocycles. The predicted octanol–water partition coefficient (Wildman–Crippen LogP) is 1.29. The summed E-state index contributed by atoms with van der Waals surface area (Å²) in [6.45, 7) is 1.23. The summed E-state index contributed by atoms with van der Waals surface area (Å²) < 4.78 is 0. The Morgan fingerprint density at radius 2 is 2.36 bits per heavy atom. The average molecular weight is 192 g/mol. The van der Waals surface area contributed by atoms with Crippen molar-refractivity contribution in [2.45, 2.75) is 12.8 Å². The first kappa shape index (κ1) is 9.46. The zero-order valence-corrected chi connectivity index (χ0v) is 8.48. The van der Waals surface area contributed by atoms with Gasteiger partial charge in [0.15, 0.2) is 0 Å². The van der Waals surface area contributed by atoms with Gasteiger partial charge in [0.25, 0.3) is 0 Å². The quantitative estimate of drug-likeness (QED) is 0.781. The smallest absolute Gasteiger partial charge is 0.0550 e. The van der Waals surface area contributed by atoms with Gasteiger partial charge in [0, 0.05) is 25.2 Å². The number of pyridine rings is 1. The Hall–Kier alpha value is -1.09. The molecule has 1 heterocycles. The maximum absolute atomic E-state index is 9.21. The summed E-state index contributed by atoms with van der Waals surface area (Å²) in [6.07, 6.45) is 5.92. The van der Waals surface area contributed by atoms with E-state index in [0.29, 0.717) is 6.61 Å². The third-order valence-corrected chi connectivity index (χ3v) is 2.95. The second-order valence-corrected chi connectivity index (χ2v) is 4.23. The van der Waals surface area contributed by atoms with Gasteiger partial charge in [-0.3, -0.25) is 4.98 Å². The van der Waals surface area contributed by atoms with Crippen LogP contribution in [0.5, 0.6) is 0 Å². The fraction of sp³-hybridized carbons (Fsp3) is 0.545. The van der Waals surface area contributed by atoms with Gasteiger partial charge < -0.3 is 10.0 Å². The summed E-state index contributed by atoms with van der Waals surface area (Å²) in [4.78, 5) is 6.24. The lowest BCUT2D eigenvalue weighted by Crippen LogP contribution is -2.28. The van der Waals surface area contributed by atoms with Gasteiger partial charge in [0.05, 0.1) is 18.5 Å². The molecular formula is C11H16N2O. The Labute approximate surface area is 84.4 Å². The van der Waals surface area contributed by atoms with Crippen molar-refractivity contribution >= 4 is 5.69 Å². The van der Waals surface area contributed by atoms with Crippen molar-refractivity contribution in [2.75, 3.05) is 25.1 Å². The van der Waals surface area contributed by atoms with Gasteiger partial charge >= 0.3 is 0 Å². The maximum Gasteiger partial charge on any atom is 0.0550 e. The summed E-state index contributed by atoms with van der Waals surface area (Å²) in [5.41, 5.74) is 1.29. The highest BCUT2D eigenvalue weighted by Gasteiger charge is 2.42. The van der Waals surface area contributed by atoms with Crippen LogP contribution in [0.15, 0.2) is 24.5 Å². The molecule has 0 amide bonds. The average Bonchev–Trinajstić information content (AvgIpc) is 3.00. The largest absolute Gasteiger partial charge is 0.396 e.